The van der Waals surface area contributed by atoms with Gasteiger partial charge in [0.15, 0.2) is 0 Å². The molecule has 1 N–H and O–H groups in total. The van der Waals surface area contributed by atoms with Crippen molar-refractivity contribution >= 4 is 10.9 Å². The number of benzene rings is 1. The van der Waals surface area contributed by atoms with Crippen LogP contribution in [0.2, 0.25) is 0 Å². The maximum atomic E-state index is 12.9. The molecule has 0 spiro atoms. The lowest BCUT2D eigenvalue weighted by atomic mass is 10.1. The molecule has 92 valence electrons. The minimum Gasteiger partial charge on any atom is -0.350 e. The average molecular weight is 242 g/mol. The smallest absolute Gasteiger partial charge is 0.350 e. The van der Waals surface area contributed by atoms with E-state index in [1.165, 1.54) is 10.6 Å². The van der Waals surface area contributed by atoms with Crippen molar-refractivity contribution in [2.75, 3.05) is 7.05 Å². The molecule has 2 nitrogen and oxygen atoms in total. The lowest BCUT2D eigenvalue weighted by Gasteiger charge is -2.09. The lowest BCUT2D eigenvalue weighted by molar-refractivity contribution is -0.136. The fourth-order valence-electron chi connectivity index (χ4n) is 2.11. The number of nitrogens with zero attached hydrogens (tertiary/aromatic N) is 1. The van der Waals surface area contributed by atoms with Crippen molar-refractivity contribution < 1.29 is 13.2 Å². The average Bonchev–Trinajstić information content (AvgIpc) is 2.55. The van der Waals surface area contributed by atoms with Gasteiger partial charge in [0, 0.05) is 25.2 Å². The zero-order valence-corrected chi connectivity index (χ0v) is 9.60. The van der Waals surface area contributed by atoms with Crippen LogP contribution in [-0.4, -0.2) is 11.6 Å². The van der Waals surface area contributed by atoms with E-state index in [9.17, 15) is 13.2 Å². The second kappa shape index (κ2) is 4.07. The normalized spacial score (nSPS) is 12.3. The summed E-state index contributed by atoms with van der Waals surface area (Å²) in [5, 5.41) is 3.60. The number of hydrogen-bond acceptors (Lipinski definition) is 1. The van der Waals surface area contributed by atoms with Gasteiger partial charge in [-0.2, -0.15) is 13.2 Å². The molecule has 2 rings (SSSR count). The Labute approximate surface area is 97.0 Å². The fraction of sp³-hybridized carbons (Fsp3) is 0.333. The molecule has 0 aliphatic carbocycles. The SMILES string of the molecule is CNCc1cn(C)c2c(C(F)(F)F)cccc12. The molecule has 2 aromatic rings. The van der Waals surface area contributed by atoms with Crippen molar-refractivity contribution in [2.45, 2.75) is 12.7 Å². The predicted molar refractivity (Wildman–Crippen MR) is 60.7 cm³/mol. The predicted octanol–water partition coefficient (Wildman–Crippen LogP) is 2.92. The fourth-order valence-corrected chi connectivity index (χ4v) is 2.11. The van der Waals surface area contributed by atoms with Crippen molar-refractivity contribution in [3.05, 3.63) is 35.5 Å². The van der Waals surface area contributed by atoms with Gasteiger partial charge in [-0.1, -0.05) is 12.1 Å². The quantitative estimate of drug-likeness (QED) is 0.856. The summed E-state index contributed by atoms with van der Waals surface area (Å²) in [5.74, 6) is 0. The van der Waals surface area contributed by atoms with Crippen LogP contribution in [0, 0.1) is 0 Å². The number of aromatic nitrogens is 1. The number of rotatable bonds is 2. The van der Waals surface area contributed by atoms with Crippen LogP contribution >= 0.6 is 0 Å². The molecule has 0 aliphatic rings. The largest absolute Gasteiger partial charge is 0.418 e. The highest BCUT2D eigenvalue weighted by molar-refractivity contribution is 5.87. The van der Waals surface area contributed by atoms with E-state index >= 15 is 0 Å². The summed E-state index contributed by atoms with van der Waals surface area (Å²) in [5.41, 5.74) is 0.529. The van der Waals surface area contributed by atoms with Crippen molar-refractivity contribution in [2.24, 2.45) is 7.05 Å². The minimum absolute atomic E-state index is 0.241. The van der Waals surface area contributed by atoms with Crippen LogP contribution in [0.3, 0.4) is 0 Å². The van der Waals surface area contributed by atoms with Crippen LogP contribution in [0.15, 0.2) is 24.4 Å². The lowest BCUT2D eigenvalue weighted by Crippen LogP contribution is -2.07. The molecule has 1 aromatic heterocycles. The van der Waals surface area contributed by atoms with E-state index in [2.05, 4.69) is 5.32 Å². The van der Waals surface area contributed by atoms with E-state index in [1.54, 1.807) is 26.4 Å². The third kappa shape index (κ3) is 2.02. The molecule has 0 saturated heterocycles. The van der Waals surface area contributed by atoms with Gasteiger partial charge in [-0.05, 0) is 18.7 Å². The van der Waals surface area contributed by atoms with Gasteiger partial charge >= 0.3 is 6.18 Å². The number of fused-ring (bicyclic) bond motifs is 1. The van der Waals surface area contributed by atoms with E-state index in [-0.39, 0.29) is 5.52 Å². The summed E-state index contributed by atoms with van der Waals surface area (Å²) < 4.78 is 40.1. The van der Waals surface area contributed by atoms with Crippen molar-refractivity contribution in [3.63, 3.8) is 0 Å². The van der Waals surface area contributed by atoms with Gasteiger partial charge in [0.1, 0.15) is 0 Å². The molecule has 1 aromatic carbocycles. The van der Waals surface area contributed by atoms with Gasteiger partial charge in [0.05, 0.1) is 11.1 Å². The highest BCUT2D eigenvalue weighted by Gasteiger charge is 2.33. The number of para-hydroxylation sites is 1. The Morgan fingerprint density at radius 3 is 2.59 bits per heavy atom. The van der Waals surface area contributed by atoms with Crippen LogP contribution in [0.4, 0.5) is 13.2 Å². The molecule has 0 radical (unpaired) electrons. The third-order valence-corrected chi connectivity index (χ3v) is 2.76. The van der Waals surface area contributed by atoms with E-state index in [0.717, 1.165) is 11.6 Å². The third-order valence-electron chi connectivity index (χ3n) is 2.76. The summed E-state index contributed by atoms with van der Waals surface area (Å²) in [4.78, 5) is 0. The van der Waals surface area contributed by atoms with E-state index < -0.39 is 11.7 Å². The summed E-state index contributed by atoms with van der Waals surface area (Å²) >= 11 is 0. The molecule has 0 aliphatic heterocycles. The van der Waals surface area contributed by atoms with Crippen LogP contribution in [-0.2, 0) is 19.8 Å². The molecular weight excluding hydrogens is 229 g/mol. The number of halogens is 3. The van der Waals surface area contributed by atoms with Crippen LogP contribution in [0.5, 0.6) is 0 Å². The number of alkyl halides is 3. The molecule has 5 heteroatoms. The standard InChI is InChI=1S/C12H13F3N2/c1-16-6-8-7-17(2)11-9(8)4-3-5-10(11)12(13,14)15/h3-5,7,16H,6H2,1-2H3. The van der Waals surface area contributed by atoms with Gasteiger partial charge in [-0.15, -0.1) is 0 Å². The van der Waals surface area contributed by atoms with Gasteiger partial charge < -0.3 is 9.88 Å². The Bertz CT molecular complexity index is 540. The highest BCUT2D eigenvalue weighted by Crippen LogP contribution is 2.36. The van der Waals surface area contributed by atoms with E-state index in [0.29, 0.717) is 11.9 Å². The second-order valence-electron chi connectivity index (χ2n) is 4.00. The first-order chi connectivity index (χ1) is 7.95. The molecule has 0 unspecified atom stereocenters. The Kier molecular flexibility index (Phi) is 2.87. The van der Waals surface area contributed by atoms with Gasteiger partial charge in [0.25, 0.3) is 0 Å². The Morgan fingerprint density at radius 1 is 1.29 bits per heavy atom. The Morgan fingerprint density at radius 2 is 2.00 bits per heavy atom. The molecule has 0 fully saturated rings. The topological polar surface area (TPSA) is 17.0 Å². The second-order valence-corrected chi connectivity index (χ2v) is 4.00. The molecule has 0 bridgehead atoms. The zero-order chi connectivity index (χ0) is 12.6. The number of hydrogen-bond donors (Lipinski definition) is 1. The van der Waals surface area contributed by atoms with Crippen molar-refractivity contribution in [3.8, 4) is 0 Å². The summed E-state index contributed by atoms with van der Waals surface area (Å²) in [6.07, 6.45) is -2.58. The van der Waals surface area contributed by atoms with Gasteiger partial charge in [-0.3, -0.25) is 0 Å². The summed E-state index contributed by atoms with van der Waals surface area (Å²) in [6, 6.07) is 4.28. The van der Waals surface area contributed by atoms with E-state index in [1.807, 2.05) is 0 Å². The molecular formula is C12H13F3N2. The maximum Gasteiger partial charge on any atom is 0.418 e. The molecule has 17 heavy (non-hydrogen) atoms. The molecule has 0 amide bonds. The summed E-state index contributed by atoms with van der Waals surface area (Å²) in [6.45, 7) is 0.554. The molecule has 1 heterocycles. The van der Waals surface area contributed by atoms with Gasteiger partial charge in [-0.25, -0.2) is 0 Å². The maximum absolute atomic E-state index is 12.9. The van der Waals surface area contributed by atoms with E-state index in [4.69, 9.17) is 0 Å². The van der Waals surface area contributed by atoms with Crippen molar-refractivity contribution in [1.82, 2.24) is 9.88 Å². The minimum atomic E-state index is -4.32. The first-order valence-electron chi connectivity index (χ1n) is 5.24. The monoisotopic (exact) mass is 242 g/mol. The summed E-state index contributed by atoms with van der Waals surface area (Å²) in [7, 11) is 3.41. The van der Waals surface area contributed by atoms with Gasteiger partial charge in [0.2, 0.25) is 0 Å². The zero-order valence-electron chi connectivity index (χ0n) is 9.60. The first kappa shape index (κ1) is 12.0. The molecule has 0 saturated carbocycles. The van der Waals surface area contributed by atoms with Crippen molar-refractivity contribution in [1.29, 1.82) is 0 Å². The van der Waals surface area contributed by atoms with Crippen LogP contribution in [0.1, 0.15) is 11.1 Å². The Balaban J connectivity index is 2.73. The van der Waals surface area contributed by atoms with Crippen LogP contribution < -0.4 is 5.32 Å². The molecule has 0 atom stereocenters. The van der Waals surface area contributed by atoms with Crippen LogP contribution in [0.25, 0.3) is 10.9 Å². The number of nitrogens with one attached hydrogen (secondary N) is 1. The number of aryl methyl sites for hydroxylation is 1. The Hall–Kier alpha value is -1.49. The highest BCUT2D eigenvalue weighted by atomic mass is 19.4. The first-order valence-corrected chi connectivity index (χ1v) is 5.24.